The molecule has 0 atom stereocenters. The fourth-order valence-electron chi connectivity index (χ4n) is 3.54. The van der Waals surface area contributed by atoms with E-state index >= 15 is 0 Å². The molecule has 0 spiro atoms. The highest BCUT2D eigenvalue weighted by molar-refractivity contribution is 5.99. The Hall–Kier alpha value is -3.46. The summed E-state index contributed by atoms with van der Waals surface area (Å²) < 4.78 is 1.62. The molecule has 152 valence electrons. The topological polar surface area (TPSA) is 83.6 Å². The lowest BCUT2D eigenvalue weighted by Crippen LogP contribution is -2.14. The van der Waals surface area contributed by atoms with Gasteiger partial charge in [0.25, 0.3) is 0 Å². The first-order valence-electron chi connectivity index (χ1n) is 10.3. The van der Waals surface area contributed by atoms with Gasteiger partial charge in [0.05, 0.1) is 5.56 Å². The summed E-state index contributed by atoms with van der Waals surface area (Å²) in [4.78, 5) is 17.7. The van der Waals surface area contributed by atoms with Crippen molar-refractivity contribution < 1.29 is 4.79 Å². The van der Waals surface area contributed by atoms with Crippen molar-refractivity contribution in [1.82, 2.24) is 14.8 Å². The number of nitrogens with zero attached hydrogens (tertiary/aromatic N) is 4. The summed E-state index contributed by atoms with van der Waals surface area (Å²) in [6.45, 7) is 4.68. The predicted octanol–water partition coefficient (Wildman–Crippen LogP) is 4.39. The molecule has 0 unspecified atom stereocenters. The number of para-hydroxylation sites is 1. The molecule has 1 fully saturated rings. The third-order valence-corrected chi connectivity index (χ3v) is 5.45. The summed E-state index contributed by atoms with van der Waals surface area (Å²) in [6, 6.07) is 15.7. The minimum absolute atomic E-state index is 0.0954. The fourth-order valence-corrected chi connectivity index (χ4v) is 3.54. The van der Waals surface area contributed by atoms with Crippen LogP contribution >= 0.6 is 0 Å². The molecule has 0 aliphatic heterocycles. The number of anilines is 1. The number of nitrogens with one attached hydrogen (secondary N) is 1. The molecule has 2 aromatic heterocycles. The third kappa shape index (κ3) is 4.41. The number of hydrogen-bond acceptors (Lipinski definition) is 5. The second kappa shape index (κ2) is 8.50. The first kappa shape index (κ1) is 19.8. The molecule has 0 amide bonds. The van der Waals surface area contributed by atoms with Crippen molar-refractivity contribution >= 4 is 11.5 Å². The molecular weight excluding hydrogens is 374 g/mol. The molecule has 1 aromatic carbocycles. The van der Waals surface area contributed by atoms with Crippen LogP contribution in [0.4, 0.5) is 5.69 Å². The SMILES string of the molecule is Cc1ccccc1NCCc1ccc(C(=O)CC2CC2)c(-n2nc(C#N)cc2C)n1. The van der Waals surface area contributed by atoms with Gasteiger partial charge in [0, 0.05) is 36.5 Å². The van der Waals surface area contributed by atoms with Crippen LogP contribution in [0.5, 0.6) is 0 Å². The maximum Gasteiger partial charge on any atom is 0.166 e. The average molecular weight is 399 g/mol. The Kier molecular flexibility index (Phi) is 5.62. The number of benzene rings is 1. The molecule has 1 N–H and O–H groups in total. The zero-order valence-corrected chi connectivity index (χ0v) is 17.4. The van der Waals surface area contributed by atoms with Crippen molar-refractivity contribution in [2.75, 3.05) is 11.9 Å². The van der Waals surface area contributed by atoms with Crippen LogP contribution in [0.1, 0.15) is 52.3 Å². The van der Waals surface area contributed by atoms with Crippen molar-refractivity contribution in [3.8, 4) is 11.9 Å². The van der Waals surface area contributed by atoms with Crippen LogP contribution in [-0.4, -0.2) is 27.1 Å². The van der Waals surface area contributed by atoms with Gasteiger partial charge >= 0.3 is 0 Å². The number of carbonyl (C=O) groups is 1. The second-order valence-corrected chi connectivity index (χ2v) is 7.93. The van der Waals surface area contributed by atoms with Crippen molar-refractivity contribution in [3.63, 3.8) is 0 Å². The average Bonchev–Trinajstić information content (AvgIpc) is 3.48. The molecule has 1 aliphatic rings. The van der Waals surface area contributed by atoms with E-state index in [1.807, 2.05) is 31.2 Å². The van der Waals surface area contributed by atoms with E-state index in [1.165, 1.54) is 5.56 Å². The number of aryl methyl sites for hydroxylation is 2. The van der Waals surface area contributed by atoms with E-state index in [4.69, 9.17) is 4.98 Å². The molecule has 1 saturated carbocycles. The molecule has 3 aromatic rings. The maximum absolute atomic E-state index is 12.9. The van der Waals surface area contributed by atoms with Crippen LogP contribution in [0.3, 0.4) is 0 Å². The standard InChI is InChI=1S/C24H25N5O/c1-16-5-3-4-6-22(16)26-12-11-19-9-10-21(23(30)14-18-7-8-18)24(27-19)29-17(2)13-20(15-25)28-29/h3-6,9-10,13,18,26H,7-8,11-12,14H2,1-2H3. The maximum atomic E-state index is 12.9. The third-order valence-electron chi connectivity index (χ3n) is 5.45. The van der Waals surface area contributed by atoms with E-state index in [1.54, 1.807) is 10.7 Å². The molecule has 4 rings (SSSR count). The second-order valence-electron chi connectivity index (χ2n) is 7.93. The number of nitriles is 1. The lowest BCUT2D eigenvalue weighted by atomic mass is 10.1. The van der Waals surface area contributed by atoms with Gasteiger partial charge in [0.1, 0.15) is 6.07 Å². The number of aromatic nitrogens is 3. The largest absolute Gasteiger partial charge is 0.384 e. The summed E-state index contributed by atoms with van der Waals surface area (Å²) in [5.41, 5.74) is 4.87. The van der Waals surface area contributed by atoms with Gasteiger partial charge in [-0.2, -0.15) is 10.4 Å². The van der Waals surface area contributed by atoms with Crippen LogP contribution < -0.4 is 5.32 Å². The van der Waals surface area contributed by atoms with Gasteiger partial charge in [-0.05, 0) is 62.4 Å². The van der Waals surface area contributed by atoms with Crippen LogP contribution in [0.25, 0.3) is 5.82 Å². The highest BCUT2D eigenvalue weighted by Crippen LogP contribution is 2.34. The number of carbonyl (C=O) groups excluding carboxylic acids is 1. The molecule has 2 heterocycles. The summed E-state index contributed by atoms with van der Waals surface area (Å²) >= 11 is 0. The van der Waals surface area contributed by atoms with Crippen LogP contribution in [0, 0.1) is 31.1 Å². The summed E-state index contributed by atoms with van der Waals surface area (Å²) in [7, 11) is 0. The number of hydrogen-bond donors (Lipinski definition) is 1. The Balaban J connectivity index is 1.59. The van der Waals surface area contributed by atoms with Crippen LogP contribution in [0.2, 0.25) is 0 Å². The van der Waals surface area contributed by atoms with Gasteiger partial charge in [0.15, 0.2) is 17.3 Å². The van der Waals surface area contributed by atoms with Gasteiger partial charge < -0.3 is 5.32 Å². The van der Waals surface area contributed by atoms with Crippen LogP contribution in [-0.2, 0) is 6.42 Å². The normalized spacial score (nSPS) is 13.1. The molecule has 0 bridgehead atoms. The first-order chi connectivity index (χ1) is 14.5. The number of ketones is 1. The quantitative estimate of drug-likeness (QED) is 0.568. The predicted molar refractivity (Wildman–Crippen MR) is 116 cm³/mol. The van der Waals surface area contributed by atoms with Crippen molar-refractivity contribution in [2.45, 2.75) is 39.5 Å². The van der Waals surface area contributed by atoms with Gasteiger partial charge in [-0.25, -0.2) is 9.67 Å². The minimum atomic E-state index is 0.0954. The van der Waals surface area contributed by atoms with Gasteiger partial charge in [-0.1, -0.05) is 18.2 Å². The van der Waals surface area contributed by atoms with Crippen LogP contribution in [0.15, 0.2) is 42.5 Å². The van der Waals surface area contributed by atoms with Gasteiger partial charge in [-0.15, -0.1) is 0 Å². The zero-order chi connectivity index (χ0) is 21.1. The van der Waals surface area contributed by atoms with E-state index in [0.29, 0.717) is 35.8 Å². The molecule has 6 heteroatoms. The fraction of sp³-hybridized carbons (Fsp3) is 0.333. The Morgan fingerprint density at radius 3 is 2.73 bits per heavy atom. The highest BCUT2D eigenvalue weighted by atomic mass is 16.1. The Morgan fingerprint density at radius 1 is 1.23 bits per heavy atom. The zero-order valence-electron chi connectivity index (χ0n) is 17.4. The van der Waals surface area contributed by atoms with E-state index in [9.17, 15) is 10.1 Å². The Bertz CT molecular complexity index is 1120. The number of Topliss-reactive ketones (excluding diaryl/α,β-unsaturated/α-hetero) is 1. The molecule has 30 heavy (non-hydrogen) atoms. The monoisotopic (exact) mass is 399 g/mol. The molecule has 6 nitrogen and oxygen atoms in total. The van der Waals surface area contributed by atoms with E-state index in [2.05, 4.69) is 35.5 Å². The van der Waals surface area contributed by atoms with Crippen molar-refractivity contribution in [1.29, 1.82) is 5.26 Å². The smallest absolute Gasteiger partial charge is 0.166 e. The first-order valence-corrected chi connectivity index (χ1v) is 10.3. The Morgan fingerprint density at radius 2 is 2.03 bits per heavy atom. The highest BCUT2D eigenvalue weighted by Gasteiger charge is 2.27. The van der Waals surface area contributed by atoms with Crippen molar-refractivity contribution in [3.05, 3.63) is 70.7 Å². The summed E-state index contributed by atoms with van der Waals surface area (Å²) in [6.07, 6.45) is 3.51. The molecule has 0 saturated heterocycles. The lowest BCUT2D eigenvalue weighted by Gasteiger charge is -2.13. The number of rotatable bonds is 8. The minimum Gasteiger partial charge on any atom is -0.384 e. The summed E-state index contributed by atoms with van der Waals surface area (Å²) in [5, 5.41) is 17.0. The lowest BCUT2D eigenvalue weighted by molar-refractivity contribution is 0.0975. The molecule has 1 aliphatic carbocycles. The van der Waals surface area contributed by atoms with E-state index in [0.717, 1.165) is 36.5 Å². The summed E-state index contributed by atoms with van der Waals surface area (Å²) in [5.74, 6) is 1.11. The van der Waals surface area contributed by atoms with Gasteiger partial charge in [-0.3, -0.25) is 4.79 Å². The van der Waals surface area contributed by atoms with E-state index in [-0.39, 0.29) is 5.78 Å². The van der Waals surface area contributed by atoms with Gasteiger partial charge in [0.2, 0.25) is 0 Å². The number of pyridine rings is 1. The Labute approximate surface area is 176 Å². The van der Waals surface area contributed by atoms with Crippen molar-refractivity contribution in [2.24, 2.45) is 5.92 Å². The molecule has 0 radical (unpaired) electrons. The van der Waals surface area contributed by atoms with E-state index < -0.39 is 0 Å². The molecular formula is C24H25N5O.